The van der Waals surface area contributed by atoms with Gasteiger partial charge in [0.05, 0.1) is 6.04 Å². The quantitative estimate of drug-likeness (QED) is 0.866. The van der Waals surface area contributed by atoms with Crippen LogP contribution in [0.4, 0.5) is 5.69 Å². The smallest absolute Gasteiger partial charge is 0.128 e. The van der Waals surface area contributed by atoms with Crippen LogP contribution in [-0.2, 0) is 5.41 Å². The zero-order valence-electron chi connectivity index (χ0n) is 12.7. The third-order valence-corrected chi connectivity index (χ3v) is 3.87. The highest BCUT2D eigenvalue weighted by Crippen LogP contribution is 2.36. The largest absolute Gasteiger partial charge is 0.508 e. The molecule has 3 heteroatoms. The van der Waals surface area contributed by atoms with E-state index in [0.29, 0.717) is 6.61 Å². The first-order chi connectivity index (χ1) is 9.93. The van der Waals surface area contributed by atoms with Crippen molar-refractivity contribution in [1.82, 2.24) is 0 Å². The van der Waals surface area contributed by atoms with Crippen LogP contribution in [0.1, 0.15) is 37.9 Å². The van der Waals surface area contributed by atoms with Gasteiger partial charge < -0.3 is 15.2 Å². The number of hydrogen-bond donors (Lipinski definition) is 2. The lowest BCUT2D eigenvalue weighted by molar-refractivity contribution is 0.338. The van der Waals surface area contributed by atoms with E-state index >= 15 is 0 Å². The molecule has 1 aliphatic rings. The molecule has 110 valence electrons. The van der Waals surface area contributed by atoms with Gasteiger partial charge in [0.25, 0.3) is 0 Å². The van der Waals surface area contributed by atoms with Gasteiger partial charge >= 0.3 is 0 Å². The maximum atomic E-state index is 9.48. The van der Waals surface area contributed by atoms with Gasteiger partial charge in [-0.1, -0.05) is 32.9 Å². The van der Waals surface area contributed by atoms with E-state index in [1.807, 2.05) is 6.07 Å². The second-order valence-electron chi connectivity index (χ2n) is 6.56. The second kappa shape index (κ2) is 4.99. The van der Waals surface area contributed by atoms with Gasteiger partial charge in [-0.15, -0.1) is 0 Å². The number of ether oxygens (including phenoxy) is 1. The third-order valence-electron chi connectivity index (χ3n) is 3.87. The monoisotopic (exact) mass is 283 g/mol. The average Bonchev–Trinajstić information content (AvgIpc) is 2.80. The number of phenolic OH excluding ortho intramolecular Hbond substituents is 1. The fourth-order valence-electron chi connectivity index (χ4n) is 2.59. The zero-order chi connectivity index (χ0) is 15.0. The average molecular weight is 283 g/mol. The SMILES string of the molecule is CC(C)(C)c1ccc(NC2COc3cc(O)ccc32)cc1. The molecule has 1 heterocycles. The number of fused-ring (bicyclic) bond motifs is 1. The fourth-order valence-corrected chi connectivity index (χ4v) is 2.59. The van der Waals surface area contributed by atoms with Crippen LogP contribution in [0.2, 0.25) is 0 Å². The number of aromatic hydroxyl groups is 1. The molecule has 0 saturated carbocycles. The highest BCUT2D eigenvalue weighted by molar-refractivity contribution is 5.52. The number of rotatable bonds is 2. The van der Waals surface area contributed by atoms with Crippen LogP contribution >= 0.6 is 0 Å². The van der Waals surface area contributed by atoms with E-state index in [0.717, 1.165) is 17.0 Å². The Morgan fingerprint density at radius 2 is 1.81 bits per heavy atom. The van der Waals surface area contributed by atoms with Crippen molar-refractivity contribution < 1.29 is 9.84 Å². The molecule has 0 amide bonds. The Bertz CT molecular complexity index is 641. The van der Waals surface area contributed by atoms with Gasteiger partial charge in [-0.3, -0.25) is 0 Å². The summed E-state index contributed by atoms with van der Waals surface area (Å²) in [5, 5.41) is 13.0. The van der Waals surface area contributed by atoms with Gasteiger partial charge in [0.1, 0.15) is 18.1 Å². The molecule has 21 heavy (non-hydrogen) atoms. The fraction of sp³-hybridized carbons (Fsp3) is 0.333. The number of benzene rings is 2. The first-order valence-electron chi connectivity index (χ1n) is 7.26. The molecular formula is C18H21NO2. The van der Waals surface area contributed by atoms with Crippen LogP contribution < -0.4 is 10.1 Å². The van der Waals surface area contributed by atoms with Gasteiger partial charge in [0.2, 0.25) is 0 Å². The molecule has 0 aliphatic carbocycles. The van der Waals surface area contributed by atoms with Crippen molar-refractivity contribution in [2.24, 2.45) is 0 Å². The molecular weight excluding hydrogens is 262 g/mol. The maximum absolute atomic E-state index is 9.48. The van der Waals surface area contributed by atoms with Crippen LogP contribution in [0.3, 0.4) is 0 Å². The van der Waals surface area contributed by atoms with Gasteiger partial charge in [-0.25, -0.2) is 0 Å². The molecule has 2 aromatic carbocycles. The molecule has 3 rings (SSSR count). The van der Waals surface area contributed by atoms with Crippen molar-refractivity contribution in [2.45, 2.75) is 32.2 Å². The molecule has 1 aliphatic heterocycles. The van der Waals surface area contributed by atoms with E-state index in [4.69, 9.17) is 4.74 Å². The van der Waals surface area contributed by atoms with Crippen molar-refractivity contribution >= 4 is 5.69 Å². The van der Waals surface area contributed by atoms with Crippen molar-refractivity contribution in [1.29, 1.82) is 0 Å². The number of anilines is 1. The summed E-state index contributed by atoms with van der Waals surface area (Å²) in [6.45, 7) is 7.22. The Labute approximate surface area is 125 Å². The lowest BCUT2D eigenvalue weighted by atomic mass is 9.87. The summed E-state index contributed by atoms with van der Waals surface area (Å²) in [6.07, 6.45) is 0. The van der Waals surface area contributed by atoms with Crippen molar-refractivity contribution in [3.63, 3.8) is 0 Å². The first kappa shape index (κ1) is 13.8. The third kappa shape index (κ3) is 2.82. The predicted octanol–water partition coefficient (Wildman–Crippen LogP) is 4.24. The first-order valence-corrected chi connectivity index (χ1v) is 7.26. The lowest BCUT2D eigenvalue weighted by Gasteiger charge is -2.20. The Morgan fingerprint density at radius 3 is 2.48 bits per heavy atom. The van der Waals surface area contributed by atoms with Crippen LogP contribution in [0.25, 0.3) is 0 Å². The number of nitrogens with one attached hydrogen (secondary N) is 1. The Hall–Kier alpha value is -2.16. The molecule has 0 bridgehead atoms. The summed E-state index contributed by atoms with van der Waals surface area (Å²) in [7, 11) is 0. The van der Waals surface area contributed by atoms with E-state index in [9.17, 15) is 5.11 Å². The molecule has 1 unspecified atom stereocenters. The minimum atomic E-state index is 0.126. The van der Waals surface area contributed by atoms with E-state index in [1.54, 1.807) is 12.1 Å². The number of hydrogen-bond acceptors (Lipinski definition) is 3. The number of phenols is 1. The molecule has 2 N–H and O–H groups in total. The molecule has 3 nitrogen and oxygen atoms in total. The highest BCUT2D eigenvalue weighted by Gasteiger charge is 2.24. The predicted molar refractivity (Wildman–Crippen MR) is 85.1 cm³/mol. The summed E-state index contributed by atoms with van der Waals surface area (Å²) in [5.74, 6) is 1.00. The summed E-state index contributed by atoms with van der Waals surface area (Å²) >= 11 is 0. The molecule has 2 aromatic rings. The topological polar surface area (TPSA) is 41.5 Å². The molecule has 0 spiro atoms. The van der Waals surface area contributed by atoms with Gasteiger partial charge in [0, 0.05) is 17.3 Å². The van der Waals surface area contributed by atoms with Gasteiger partial charge in [-0.2, -0.15) is 0 Å². The minimum absolute atomic E-state index is 0.126. The van der Waals surface area contributed by atoms with E-state index < -0.39 is 0 Å². The van der Waals surface area contributed by atoms with Gasteiger partial charge in [0.15, 0.2) is 0 Å². The second-order valence-corrected chi connectivity index (χ2v) is 6.56. The minimum Gasteiger partial charge on any atom is -0.508 e. The van der Waals surface area contributed by atoms with E-state index in [2.05, 4.69) is 50.4 Å². The van der Waals surface area contributed by atoms with Crippen LogP contribution in [0.5, 0.6) is 11.5 Å². The van der Waals surface area contributed by atoms with Crippen molar-refractivity contribution in [2.75, 3.05) is 11.9 Å². The van der Waals surface area contributed by atoms with Gasteiger partial charge in [-0.05, 0) is 35.2 Å². The normalized spacial score (nSPS) is 17.2. The van der Waals surface area contributed by atoms with E-state index in [-0.39, 0.29) is 17.2 Å². The van der Waals surface area contributed by atoms with Crippen LogP contribution in [0, 0.1) is 0 Å². The summed E-state index contributed by atoms with van der Waals surface area (Å²) in [5.41, 5.74) is 3.66. The molecule has 0 saturated heterocycles. The standard InChI is InChI=1S/C18H21NO2/c1-18(2,3)12-4-6-13(7-5-12)19-16-11-21-17-10-14(20)8-9-15(16)17/h4-10,16,19-20H,11H2,1-3H3. The maximum Gasteiger partial charge on any atom is 0.128 e. The summed E-state index contributed by atoms with van der Waals surface area (Å²) in [6, 6.07) is 14.0. The van der Waals surface area contributed by atoms with Crippen molar-refractivity contribution in [3.8, 4) is 11.5 Å². The highest BCUT2D eigenvalue weighted by atomic mass is 16.5. The Morgan fingerprint density at radius 1 is 1.10 bits per heavy atom. The lowest BCUT2D eigenvalue weighted by Crippen LogP contribution is -2.13. The molecule has 0 aromatic heterocycles. The molecule has 1 atom stereocenters. The summed E-state index contributed by atoms with van der Waals surface area (Å²) < 4.78 is 5.62. The molecule has 0 radical (unpaired) electrons. The van der Waals surface area contributed by atoms with Crippen LogP contribution in [-0.4, -0.2) is 11.7 Å². The van der Waals surface area contributed by atoms with Crippen molar-refractivity contribution in [3.05, 3.63) is 53.6 Å². The summed E-state index contributed by atoms with van der Waals surface area (Å²) in [4.78, 5) is 0. The molecule has 0 fully saturated rings. The van der Waals surface area contributed by atoms with Crippen LogP contribution in [0.15, 0.2) is 42.5 Å². The Balaban J connectivity index is 1.77. The zero-order valence-corrected chi connectivity index (χ0v) is 12.7. The Kier molecular flexibility index (Phi) is 3.28. The van der Waals surface area contributed by atoms with E-state index in [1.165, 1.54) is 5.56 Å².